The highest BCUT2D eigenvalue weighted by molar-refractivity contribution is 5.48. The number of methoxy groups -OCH3 is 1. The van der Waals surface area contributed by atoms with E-state index in [-0.39, 0.29) is 0 Å². The Kier molecular flexibility index (Phi) is 3.54. The fraction of sp³-hybridized carbons (Fsp3) is 0.333. The number of nitrogens with zero attached hydrogens (tertiary/aromatic N) is 1. The van der Waals surface area contributed by atoms with Gasteiger partial charge in [-0.2, -0.15) is 0 Å². The van der Waals surface area contributed by atoms with Crippen LogP contribution in [-0.4, -0.2) is 20.8 Å². The van der Waals surface area contributed by atoms with Crippen LogP contribution in [0.4, 0.5) is 5.69 Å². The SMILES string of the molecule is COc1ccc(N(C)CNN)cc1. The van der Waals surface area contributed by atoms with Gasteiger partial charge in [-0.3, -0.25) is 5.84 Å². The second-order valence-corrected chi connectivity index (χ2v) is 2.76. The van der Waals surface area contributed by atoms with Gasteiger partial charge in [0.05, 0.1) is 13.8 Å². The molecule has 4 heteroatoms. The Labute approximate surface area is 78.3 Å². The molecule has 13 heavy (non-hydrogen) atoms. The van der Waals surface area contributed by atoms with E-state index in [4.69, 9.17) is 10.6 Å². The number of hydrogen-bond acceptors (Lipinski definition) is 4. The minimum Gasteiger partial charge on any atom is -0.497 e. The van der Waals surface area contributed by atoms with E-state index in [1.807, 2.05) is 36.2 Å². The van der Waals surface area contributed by atoms with Crippen molar-refractivity contribution in [2.45, 2.75) is 0 Å². The van der Waals surface area contributed by atoms with E-state index in [1.165, 1.54) is 0 Å². The largest absolute Gasteiger partial charge is 0.497 e. The van der Waals surface area contributed by atoms with Gasteiger partial charge in [0.25, 0.3) is 0 Å². The molecular weight excluding hydrogens is 166 g/mol. The molecule has 0 unspecified atom stereocenters. The first-order valence-corrected chi connectivity index (χ1v) is 4.06. The number of nitrogens with two attached hydrogens (primary N) is 1. The van der Waals surface area contributed by atoms with Gasteiger partial charge in [-0.15, -0.1) is 0 Å². The van der Waals surface area contributed by atoms with E-state index >= 15 is 0 Å². The lowest BCUT2D eigenvalue weighted by atomic mass is 10.3. The summed E-state index contributed by atoms with van der Waals surface area (Å²) in [6, 6.07) is 7.80. The first-order valence-electron chi connectivity index (χ1n) is 4.06. The fourth-order valence-electron chi connectivity index (χ4n) is 1.06. The molecule has 0 amide bonds. The van der Waals surface area contributed by atoms with Gasteiger partial charge in [-0.25, -0.2) is 5.43 Å². The molecule has 0 saturated carbocycles. The molecule has 0 saturated heterocycles. The Morgan fingerprint density at radius 1 is 1.38 bits per heavy atom. The second-order valence-electron chi connectivity index (χ2n) is 2.76. The molecule has 72 valence electrons. The summed E-state index contributed by atoms with van der Waals surface area (Å²) in [6.45, 7) is 0.617. The summed E-state index contributed by atoms with van der Waals surface area (Å²) in [7, 11) is 3.61. The van der Waals surface area contributed by atoms with Crippen molar-refractivity contribution in [1.29, 1.82) is 0 Å². The summed E-state index contributed by atoms with van der Waals surface area (Å²) < 4.78 is 5.05. The monoisotopic (exact) mass is 181 g/mol. The number of hydrazine groups is 1. The van der Waals surface area contributed by atoms with Gasteiger partial charge in [0.2, 0.25) is 0 Å². The number of ether oxygens (including phenoxy) is 1. The molecule has 0 spiro atoms. The summed E-state index contributed by atoms with van der Waals surface area (Å²) in [5, 5.41) is 0. The van der Waals surface area contributed by atoms with E-state index in [0.717, 1.165) is 11.4 Å². The van der Waals surface area contributed by atoms with Crippen molar-refractivity contribution in [3.63, 3.8) is 0 Å². The molecule has 0 aliphatic rings. The molecule has 3 N–H and O–H groups in total. The predicted molar refractivity (Wildman–Crippen MR) is 53.6 cm³/mol. The minimum atomic E-state index is 0.617. The topological polar surface area (TPSA) is 50.5 Å². The third kappa shape index (κ3) is 2.61. The standard InChI is InChI=1S/C9H15N3O/c1-12(7-11-10)8-3-5-9(13-2)6-4-8/h3-6,11H,7,10H2,1-2H3. The highest BCUT2D eigenvalue weighted by atomic mass is 16.5. The van der Waals surface area contributed by atoms with Crippen LogP contribution in [0, 0.1) is 0 Å². The second kappa shape index (κ2) is 4.69. The average molecular weight is 181 g/mol. The molecule has 0 bridgehead atoms. The number of nitrogens with one attached hydrogen (secondary N) is 1. The highest BCUT2D eigenvalue weighted by Crippen LogP contribution is 2.17. The van der Waals surface area contributed by atoms with Crippen molar-refractivity contribution >= 4 is 5.69 Å². The summed E-state index contributed by atoms with van der Waals surface area (Å²) >= 11 is 0. The lowest BCUT2D eigenvalue weighted by molar-refractivity contribution is 0.415. The minimum absolute atomic E-state index is 0.617. The fourth-order valence-corrected chi connectivity index (χ4v) is 1.06. The zero-order valence-electron chi connectivity index (χ0n) is 7.95. The van der Waals surface area contributed by atoms with Crippen molar-refractivity contribution in [3.8, 4) is 5.75 Å². The van der Waals surface area contributed by atoms with Gasteiger partial charge in [-0.05, 0) is 24.3 Å². The molecule has 1 rings (SSSR count). The number of hydrogen-bond donors (Lipinski definition) is 2. The van der Waals surface area contributed by atoms with Crippen LogP contribution in [0.1, 0.15) is 0 Å². The van der Waals surface area contributed by atoms with Gasteiger partial charge in [0.15, 0.2) is 0 Å². The molecule has 0 aromatic heterocycles. The maximum Gasteiger partial charge on any atom is 0.119 e. The van der Waals surface area contributed by atoms with Crippen molar-refractivity contribution in [3.05, 3.63) is 24.3 Å². The highest BCUT2D eigenvalue weighted by Gasteiger charge is 1.98. The Bertz CT molecular complexity index is 248. The van der Waals surface area contributed by atoms with Crippen LogP contribution in [0.15, 0.2) is 24.3 Å². The smallest absolute Gasteiger partial charge is 0.119 e. The van der Waals surface area contributed by atoms with Crippen LogP contribution >= 0.6 is 0 Å². The first kappa shape index (κ1) is 9.83. The van der Waals surface area contributed by atoms with Gasteiger partial charge < -0.3 is 9.64 Å². The molecule has 4 nitrogen and oxygen atoms in total. The summed E-state index contributed by atoms with van der Waals surface area (Å²) in [5.41, 5.74) is 3.69. The van der Waals surface area contributed by atoms with Gasteiger partial charge in [-0.1, -0.05) is 0 Å². The number of anilines is 1. The first-order chi connectivity index (χ1) is 6.27. The molecule has 1 aromatic carbocycles. The third-order valence-corrected chi connectivity index (χ3v) is 1.84. The van der Waals surface area contributed by atoms with Crippen molar-refractivity contribution < 1.29 is 4.74 Å². The maximum absolute atomic E-state index is 5.21. The molecule has 1 aromatic rings. The third-order valence-electron chi connectivity index (χ3n) is 1.84. The quantitative estimate of drug-likeness (QED) is 0.404. The van der Waals surface area contributed by atoms with E-state index in [0.29, 0.717) is 6.67 Å². The normalized spacial score (nSPS) is 9.77. The van der Waals surface area contributed by atoms with Crippen LogP contribution in [0.25, 0.3) is 0 Å². The lowest BCUT2D eigenvalue weighted by Gasteiger charge is -2.18. The van der Waals surface area contributed by atoms with Crippen molar-refractivity contribution in [2.24, 2.45) is 5.84 Å². The summed E-state index contributed by atoms with van der Waals surface area (Å²) in [5.74, 6) is 6.07. The van der Waals surface area contributed by atoms with Crippen LogP contribution in [-0.2, 0) is 0 Å². The molecule has 0 heterocycles. The van der Waals surface area contributed by atoms with Crippen molar-refractivity contribution in [1.82, 2.24) is 5.43 Å². The van der Waals surface area contributed by atoms with Crippen LogP contribution in [0.2, 0.25) is 0 Å². The molecule has 0 aliphatic carbocycles. The summed E-state index contributed by atoms with van der Waals surface area (Å²) in [4.78, 5) is 2.00. The van der Waals surface area contributed by atoms with Crippen molar-refractivity contribution in [2.75, 3.05) is 25.7 Å². The summed E-state index contributed by atoms with van der Waals surface area (Å²) in [6.07, 6.45) is 0. The van der Waals surface area contributed by atoms with Gasteiger partial charge in [0.1, 0.15) is 5.75 Å². The lowest BCUT2D eigenvalue weighted by Crippen LogP contribution is -2.35. The average Bonchev–Trinajstić information content (AvgIpc) is 2.18. The van der Waals surface area contributed by atoms with E-state index in [9.17, 15) is 0 Å². The molecule has 0 atom stereocenters. The Balaban J connectivity index is 2.67. The van der Waals surface area contributed by atoms with Crippen LogP contribution in [0.5, 0.6) is 5.75 Å². The van der Waals surface area contributed by atoms with Gasteiger partial charge >= 0.3 is 0 Å². The molecule has 0 aliphatic heterocycles. The zero-order chi connectivity index (χ0) is 9.68. The van der Waals surface area contributed by atoms with Crippen LogP contribution in [0.3, 0.4) is 0 Å². The molecule has 0 radical (unpaired) electrons. The van der Waals surface area contributed by atoms with Gasteiger partial charge in [0, 0.05) is 12.7 Å². The Morgan fingerprint density at radius 2 is 2.00 bits per heavy atom. The molecular formula is C9H15N3O. The Hall–Kier alpha value is -1.26. The predicted octanol–water partition coefficient (Wildman–Crippen LogP) is 0.552. The number of rotatable bonds is 4. The van der Waals surface area contributed by atoms with E-state index < -0.39 is 0 Å². The molecule has 0 fully saturated rings. The maximum atomic E-state index is 5.21. The number of benzene rings is 1. The van der Waals surface area contributed by atoms with E-state index in [2.05, 4.69) is 5.43 Å². The van der Waals surface area contributed by atoms with Crippen LogP contribution < -0.4 is 20.9 Å². The zero-order valence-corrected chi connectivity index (χ0v) is 7.95. The van der Waals surface area contributed by atoms with E-state index in [1.54, 1.807) is 7.11 Å². The Morgan fingerprint density at radius 3 is 2.46 bits per heavy atom.